The normalized spacial score (nSPS) is 16.4. The van der Waals surface area contributed by atoms with Crippen molar-refractivity contribution >= 4 is 73.5 Å². The molecule has 1 aliphatic rings. The Labute approximate surface area is 163 Å². The fraction of sp³-hybridized carbons (Fsp3) is 0. The number of benzene rings is 2. The van der Waals surface area contributed by atoms with Gasteiger partial charge in [-0.1, -0.05) is 28.1 Å². The fourth-order valence-electron chi connectivity index (χ4n) is 1.72. The maximum atomic E-state index is 11.1. The van der Waals surface area contributed by atoms with E-state index in [4.69, 9.17) is 5.39 Å². The summed E-state index contributed by atoms with van der Waals surface area (Å²) < 4.78 is 49.7. The Hall–Kier alpha value is -0.840. The van der Waals surface area contributed by atoms with Gasteiger partial charge in [-0.2, -0.15) is 0 Å². The number of hydrogen-bond acceptors (Lipinski definition) is 5. The minimum absolute atomic E-state index is 0.241. The SMILES string of the molecule is N#[N+]c1c(Br)cc(Br)cc1Br.O=S1(=O)[N-]S(=O)(=O)c2ccccc21. The average molecular weight is 560 g/mol. The van der Waals surface area contributed by atoms with Gasteiger partial charge in [0, 0.05) is 4.47 Å². The van der Waals surface area contributed by atoms with Crippen LogP contribution >= 0.6 is 47.8 Å². The van der Waals surface area contributed by atoms with Crippen LogP contribution in [0.4, 0.5) is 5.69 Å². The highest BCUT2D eigenvalue weighted by molar-refractivity contribution is 9.11. The van der Waals surface area contributed by atoms with Gasteiger partial charge in [-0.3, -0.25) is 0 Å². The van der Waals surface area contributed by atoms with E-state index in [1.54, 1.807) is 12.1 Å². The van der Waals surface area contributed by atoms with Crippen molar-refractivity contribution in [3.8, 4) is 0 Å². The Morgan fingerprint density at radius 2 is 1.29 bits per heavy atom. The summed E-state index contributed by atoms with van der Waals surface area (Å²) >= 11 is 9.78. The van der Waals surface area contributed by atoms with E-state index in [2.05, 4.69) is 56.9 Å². The molecule has 0 radical (unpaired) electrons. The van der Waals surface area contributed by atoms with E-state index in [9.17, 15) is 16.8 Å². The molecule has 0 saturated carbocycles. The first-order chi connectivity index (χ1) is 11.1. The van der Waals surface area contributed by atoms with E-state index in [1.165, 1.54) is 24.3 Å². The second-order valence-corrected chi connectivity index (χ2v) is 10.3. The molecule has 2 aromatic carbocycles. The number of fused-ring (bicyclic) bond motifs is 1. The van der Waals surface area contributed by atoms with Crippen LogP contribution in [0.2, 0.25) is 0 Å². The molecule has 0 N–H and O–H groups in total. The first-order valence-corrected chi connectivity index (χ1v) is 11.2. The minimum Gasteiger partial charge on any atom is -0.428 e. The molecule has 0 unspecified atom stereocenters. The van der Waals surface area contributed by atoms with E-state index in [0.29, 0.717) is 5.69 Å². The molecule has 0 fully saturated rings. The summed E-state index contributed by atoms with van der Waals surface area (Å²) in [5.41, 5.74) is 0.494. The van der Waals surface area contributed by atoms with Crippen molar-refractivity contribution in [2.75, 3.05) is 0 Å². The van der Waals surface area contributed by atoms with E-state index >= 15 is 0 Å². The van der Waals surface area contributed by atoms with Crippen LogP contribution < -0.4 is 0 Å². The summed E-state index contributed by atoms with van der Waals surface area (Å²) in [7, 11) is -7.95. The predicted molar refractivity (Wildman–Crippen MR) is 98.5 cm³/mol. The molecule has 0 amide bonds. The second-order valence-electron chi connectivity index (χ2n) is 4.29. The van der Waals surface area contributed by atoms with Crippen molar-refractivity contribution in [3.63, 3.8) is 0 Å². The molecule has 3 rings (SSSR count). The van der Waals surface area contributed by atoms with Gasteiger partial charge in [0.2, 0.25) is 5.39 Å². The number of diazo groups is 1. The van der Waals surface area contributed by atoms with Gasteiger partial charge in [0.15, 0.2) is 4.98 Å². The topological polar surface area (TPSA) is 111 Å². The van der Waals surface area contributed by atoms with Crippen LogP contribution in [0.3, 0.4) is 0 Å². The van der Waals surface area contributed by atoms with Crippen molar-refractivity contribution < 1.29 is 16.8 Å². The van der Waals surface area contributed by atoms with Gasteiger partial charge in [-0.05, 0) is 56.1 Å². The first kappa shape index (κ1) is 19.5. The lowest BCUT2D eigenvalue weighted by Crippen LogP contribution is -1.92. The van der Waals surface area contributed by atoms with Crippen molar-refractivity contribution in [1.29, 1.82) is 5.39 Å². The summed E-state index contributed by atoms with van der Waals surface area (Å²) in [5, 5.41) is 8.54. The summed E-state index contributed by atoms with van der Waals surface area (Å²) in [6.45, 7) is 0. The molecule has 0 atom stereocenters. The number of nitrogens with zero attached hydrogens (tertiary/aromatic N) is 3. The highest BCUT2D eigenvalue weighted by Crippen LogP contribution is 2.37. The molecule has 0 aromatic heterocycles. The van der Waals surface area contributed by atoms with Crippen LogP contribution in [-0.2, 0) is 20.0 Å². The largest absolute Gasteiger partial charge is 0.428 e. The molecule has 0 bridgehead atoms. The zero-order valence-corrected chi connectivity index (χ0v) is 17.8. The Bertz CT molecular complexity index is 989. The van der Waals surface area contributed by atoms with Gasteiger partial charge >= 0.3 is 5.69 Å². The van der Waals surface area contributed by atoms with Crippen LogP contribution in [0.15, 0.2) is 59.6 Å². The molecular formula is C12H6Br3N3O4S2. The lowest BCUT2D eigenvalue weighted by Gasteiger charge is -2.05. The van der Waals surface area contributed by atoms with Crippen molar-refractivity contribution in [2.45, 2.75) is 9.79 Å². The maximum absolute atomic E-state index is 11.1. The number of sulfonamides is 2. The highest BCUT2D eigenvalue weighted by atomic mass is 79.9. The van der Waals surface area contributed by atoms with E-state index in [-0.39, 0.29) is 9.79 Å². The summed E-state index contributed by atoms with van der Waals surface area (Å²) in [5.74, 6) is 0. The fourth-order valence-corrected chi connectivity index (χ4v) is 7.59. The number of rotatable bonds is 0. The van der Waals surface area contributed by atoms with Gasteiger partial charge < -0.3 is 4.13 Å². The molecule has 7 nitrogen and oxygen atoms in total. The highest BCUT2D eigenvalue weighted by Gasteiger charge is 2.26. The van der Waals surface area contributed by atoms with Crippen LogP contribution in [-0.4, -0.2) is 16.8 Å². The van der Waals surface area contributed by atoms with Gasteiger partial charge in [-0.25, -0.2) is 16.8 Å². The number of halogens is 3. The van der Waals surface area contributed by atoms with Crippen molar-refractivity contribution in [2.24, 2.45) is 0 Å². The minimum atomic E-state index is -3.98. The van der Waals surface area contributed by atoms with Gasteiger partial charge in [0.25, 0.3) is 0 Å². The van der Waals surface area contributed by atoms with Crippen LogP contribution in [0.5, 0.6) is 0 Å². The third kappa shape index (κ3) is 4.04. The Morgan fingerprint density at radius 3 is 1.67 bits per heavy atom. The third-order valence-electron chi connectivity index (χ3n) is 2.68. The average Bonchev–Trinajstić information content (AvgIpc) is 2.65. The maximum Gasteiger partial charge on any atom is 0.413 e. The Balaban J connectivity index is 0.000000177. The summed E-state index contributed by atoms with van der Waals surface area (Å²) in [6, 6.07) is 8.95. The Kier molecular flexibility index (Phi) is 5.83. The van der Waals surface area contributed by atoms with E-state index in [1.807, 2.05) is 0 Å². The molecule has 1 heterocycles. The number of hydrogen-bond donors (Lipinski definition) is 0. The van der Waals surface area contributed by atoms with E-state index < -0.39 is 20.0 Å². The monoisotopic (exact) mass is 557 g/mol. The molecule has 24 heavy (non-hydrogen) atoms. The standard InChI is InChI=1S/C6H2Br3N2.C6H4NO4S2/c7-3-1-4(8)6(11-10)5(9)2-3;8-12(9)5-3-1-2-4-6(5)13(10,11)7-12/h1-2H;1-4H/q+1;-1. The molecule has 0 saturated heterocycles. The molecule has 126 valence electrons. The van der Waals surface area contributed by atoms with Crippen LogP contribution in [0.25, 0.3) is 9.10 Å². The van der Waals surface area contributed by atoms with Crippen molar-refractivity contribution in [3.05, 3.63) is 58.9 Å². The lowest BCUT2D eigenvalue weighted by atomic mass is 10.3. The van der Waals surface area contributed by atoms with Crippen molar-refractivity contribution in [1.82, 2.24) is 0 Å². The Morgan fingerprint density at radius 1 is 0.875 bits per heavy atom. The first-order valence-electron chi connectivity index (χ1n) is 5.91. The van der Waals surface area contributed by atoms with Crippen LogP contribution in [0, 0.1) is 5.39 Å². The zero-order valence-electron chi connectivity index (χ0n) is 11.4. The smallest absolute Gasteiger partial charge is 0.413 e. The van der Waals surface area contributed by atoms with Gasteiger partial charge in [-0.15, -0.1) is 0 Å². The second kappa shape index (κ2) is 7.19. The summed E-state index contributed by atoms with van der Waals surface area (Å²) in [4.78, 5) is 2.61. The zero-order chi connectivity index (χ0) is 18.1. The molecule has 2 aromatic rings. The molecular weight excluding hydrogens is 554 g/mol. The van der Waals surface area contributed by atoms with Gasteiger partial charge in [0.05, 0.1) is 9.79 Å². The summed E-state index contributed by atoms with van der Waals surface area (Å²) in [6.07, 6.45) is 0. The van der Waals surface area contributed by atoms with E-state index in [0.717, 1.165) is 13.4 Å². The molecule has 12 heteroatoms. The molecule has 0 spiro atoms. The van der Waals surface area contributed by atoms with Gasteiger partial charge in [0.1, 0.15) is 29.0 Å². The quantitative estimate of drug-likeness (QED) is 0.426. The third-order valence-corrected chi connectivity index (χ3v) is 7.87. The van der Waals surface area contributed by atoms with Crippen LogP contribution in [0.1, 0.15) is 0 Å². The predicted octanol–water partition coefficient (Wildman–Crippen LogP) is 4.91. The molecule has 0 aliphatic carbocycles. The molecule has 1 aliphatic heterocycles. The lowest BCUT2D eigenvalue weighted by molar-refractivity contribution is 0.603.